The second-order valence-corrected chi connectivity index (χ2v) is 4.32. The molecule has 0 saturated heterocycles. The first-order chi connectivity index (χ1) is 10.2. The largest absolute Gasteiger partial charge is 0.494 e. The van der Waals surface area contributed by atoms with Gasteiger partial charge in [0.2, 0.25) is 5.95 Å². The van der Waals surface area contributed by atoms with Crippen molar-refractivity contribution in [3.63, 3.8) is 0 Å². The summed E-state index contributed by atoms with van der Waals surface area (Å²) in [6.45, 7) is 0. The van der Waals surface area contributed by atoms with Crippen LogP contribution in [0.15, 0.2) is 18.5 Å². The SMILES string of the molecule is COc1cnc(N(C)C(=O)c2cc(C(F)(F)F)n(C)n2)nc1. The van der Waals surface area contributed by atoms with Crippen LogP contribution in [0.4, 0.5) is 19.1 Å². The number of carbonyl (C=O) groups is 1. The van der Waals surface area contributed by atoms with Gasteiger partial charge in [-0.25, -0.2) is 9.97 Å². The summed E-state index contributed by atoms with van der Waals surface area (Å²) in [4.78, 5) is 20.9. The van der Waals surface area contributed by atoms with Crippen LogP contribution in [0.5, 0.6) is 5.75 Å². The van der Waals surface area contributed by atoms with Gasteiger partial charge < -0.3 is 4.74 Å². The maximum Gasteiger partial charge on any atom is 0.433 e. The number of hydrogen-bond donors (Lipinski definition) is 0. The molecule has 0 aliphatic heterocycles. The minimum absolute atomic E-state index is 0.0185. The fourth-order valence-electron chi connectivity index (χ4n) is 1.69. The molecule has 2 aromatic heterocycles. The smallest absolute Gasteiger partial charge is 0.433 e. The summed E-state index contributed by atoms with van der Waals surface area (Å²) < 4.78 is 43.6. The zero-order chi connectivity index (χ0) is 16.5. The quantitative estimate of drug-likeness (QED) is 0.858. The van der Waals surface area contributed by atoms with E-state index in [9.17, 15) is 18.0 Å². The van der Waals surface area contributed by atoms with Crippen LogP contribution in [0.25, 0.3) is 0 Å². The molecule has 0 aliphatic carbocycles. The normalized spacial score (nSPS) is 11.4. The summed E-state index contributed by atoms with van der Waals surface area (Å²) in [5.74, 6) is -0.344. The molecule has 1 amide bonds. The second kappa shape index (κ2) is 5.62. The van der Waals surface area contributed by atoms with Gasteiger partial charge in [0.15, 0.2) is 11.4 Å². The molecule has 0 bridgehead atoms. The van der Waals surface area contributed by atoms with Crippen LogP contribution in [-0.2, 0) is 13.2 Å². The van der Waals surface area contributed by atoms with Crippen LogP contribution in [-0.4, -0.2) is 39.8 Å². The van der Waals surface area contributed by atoms with Gasteiger partial charge in [-0.1, -0.05) is 0 Å². The number of amides is 1. The number of carbonyl (C=O) groups excluding carboxylic acids is 1. The van der Waals surface area contributed by atoms with Crippen molar-refractivity contribution in [3.8, 4) is 5.75 Å². The molecule has 0 aliphatic rings. The lowest BCUT2D eigenvalue weighted by Gasteiger charge is -2.13. The van der Waals surface area contributed by atoms with Crippen LogP contribution in [0.2, 0.25) is 0 Å². The molecule has 0 saturated carbocycles. The molecular weight excluding hydrogens is 303 g/mol. The molecule has 0 atom stereocenters. The molecule has 0 fully saturated rings. The Morgan fingerprint density at radius 3 is 2.36 bits per heavy atom. The van der Waals surface area contributed by atoms with Crippen LogP contribution in [0.1, 0.15) is 16.2 Å². The number of methoxy groups -OCH3 is 1. The van der Waals surface area contributed by atoms with Gasteiger partial charge in [0.25, 0.3) is 5.91 Å². The lowest BCUT2D eigenvalue weighted by atomic mass is 10.3. The number of anilines is 1. The number of hydrogen-bond acceptors (Lipinski definition) is 5. The Morgan fingerprint density at radius 1 is 1.32 bits per heavy atom. The summed E-state index contributed by atoms with van der Waals surface area (Å²) in [6.07, 6.45) is -1.91. The molecule has 22 heavy (non-hydrogen) atoms. The highest BCUT2D eigenvalue weighted by Crippen LogP contribution is 2.29. The third-order valence-electron chi connectivity index (χ3n) is 2.84. The molecule has 10 heteroatoms. The molecule has 0 N–H and O–H groups in total. The molecule has 0 spiro atoms. The Balaban J connectivity index is 2.27. The first-order valence-electron chi connectivity index (χ1n) is 5.99. The van der Waals surface area contributed by atoms with E-state index in [1.54, 1.807) is 0 Å². The lowest BCUT2D eigenvalue weighted by Crippen LogP contribution is -2.28. The van der Waals surface area contributed by atoms with E-state index >= 15 is 0 Å². The molecular formula is C12H12F3N5O2. The fraction of sp³-hybridized carbons (Fsp3) is 0.333. The highest BCUT2D eigenvalue weighted by molar-refractivity contribution is 6.03. The Labute approximate surface area is 123 Å². The van der Waals surface area contributed by atoms with E-state index in [0.717, 1.165) is 11.9 Å². The van der Waals surface area contributed by atoms with E-state index in [1.807, 2.05) is 0 Å². The number of aromatic nitrogens is 4. The van der Waals surface area contributed by atoms with Gasteiger partial charge >= 0.3 is 6.18 Å². The fourth-order valence-corrected chi connectivity index (χ4v) is 1.69. The van der Waals surface area contributed by atoms with Gasteiger partial charge in [-0.2, -0.15) is 18.3 Å². The average molecular weight is 315 g/mol. The standard InChI is InChI=1S/C12H12F3N5O2/c1-19(11-16-5-7(22-3)6-17-11)10(21)8-4-9(12(13,14)15)20(2)18-8/h4-6H,1-3H3. The molecule has 2 heterocycles. The zero-order valence-corrected chi connectivity index (χ0v) is 11.9. The Kier molecular flexibility index (Phi) is 4.02. The van der Waals surface area contributed by atoms with Crippen molar-refractivity contribution in [3.05, 3.63) is 29.8 Å². The van der Waals surface area contributed by atoms with E-state index in [1.165, 1.54) is 26.6 Å². The van der Waals surface area contributed by atoms with Crippen LogP contribution in [0.3, 0.4) is 0 Å². The molecule has 0 radical (unpaired) electrons. The van der Waals surface area contributed by atoms with Crippen LogP contribution in [0, 0.1) is 0 Å². The first-order valence-corrected chi connectivity index (χ1v) is 5.99. The van der Waals surface area contributed by atoms with Crippen LogP contribution < -0.4 is 9.64 Å². The van der Waals surface area contributed by atoms with Crippen molar-refractivity contribution >= 4 is 11.9 Å². The van der Waals surface area contributed by atoms with Crippen molar-refractivity contribution in [1.29, 1.82) is 0 Å². The second-order valence-electron chi connectivity index (χ2n) is 4.32. The highest BCUT2D eigenvalue weighted by atomic mass is 19.4. The average Bonchev–Trinajstić information content (AvgIpc) is 2.88. The molecule has 2 aromatic rings. The minimum Gasteiger partial charge on any atom is -0.494 e. The van der Waals surface area contributed by atoms with Crippen molar-refractivity contribution in [2.75, 3.05) is 19.1 Å². The van der Waals surface area contributed by atoms with E-state index in [0.29, 0.717) is 16.5 Å². The summed E-state index contributed by atoms with van der Waals surface area (Å²) >= 11 is 0. The van der Waals surface area contributed by atoms with Crippen molar-refractivity contribution in [2.45, 2.75) is 6.18 Å². The molecule has 2 rings (SSSR count). The van der Waals surface area contributed by atoms with Gasteiger partial charge in [-0.3, -0.25) is 14.4 Å². The predicted molar refractivity (Wildman–Crippen MR) is 69.5 cm³/mol. The Bertz CT molecular complexity index is 681. The van der Waals surface area contributed by atoms with E-state index < -0.39 is 17.8 Å². The lowest BCUT2D eigenvalue weighted by molar-refractivity contribution is -0.143. The van der Waals surface area contributed by atoms with Crippen LogP contribution >= 0.6 is 0 Å². The van der Waals surface area contributed by atoms with Gasteiger partial charge in [0.1, 0.15) is 5.69 Å². The highest BCUT2D eigenvalue weighted by Gasteiger charge is 2.36. The molecule has 0 aromatic carbocycles. The Morgan fingerprint density at radius 2 is 1.91 bits per heavy atom. The number of ether oxygens (including phenoxy) is 1. The summed E-state index contributed by atoms with van der Waals surface area (Å²) in [7, 11) is 3.88. The maximum atomic E-state index is 12.7. The monoisotopic (exact) mass is 315 g/mol. The number of alkyl halides is 3. The van der Waals surface area contributed by atoms with E-state index in [-0.39, 0.29) is 11.6 Å². The number of halogens is 3. The zero-order valence-electron chi connectivity index (χ0n) is 11.9. The van der Waals surface area contributed by atoms with E-state index in [2.05, 4.69) is 15.1 Å². The summed E-state index contributed by atoms with van der Waals surface area (Å²) in [5, 5.41) is 3.58. The number of nitrogens with zero attached hydrogens (tertiary/aromatic N) is 5. The van der Waals surface area contributed by atoms with Crippen molar-refractivity contribution in [2.24, 2.45) is 7.05 Å². The van der Waals surface area contributed by atoms with Gasteiger partial charge in [0.05, 0.1) is 19.5 Å². The summed E-state index contributed by atoms with van der Waals surface area (Å²) in [5.41, 5.74) is -1.36. The van der Waals surface area contributed by atoms with Gasteiger partial charge in [-0.15, -0.1) is 0 Å². The maximum absolute atomic E-state index is 12.7. The van der Waals surface area contributed by atoms with Crippen molar-refractivity contribution in [1.82, 2.24) is 19.7 Å². The molecule has 7 nitrogen and oxygen atoms in total. The van der Waals surface area contributed by atoms with Gasteiger partial charge in [-0.05, 0) is 0 Å². The third-order valence-corrected chi connectivity index (χ3v) is 2.84. The summed E-state index contributed by atoms with van der Waals surface area (Å²) in [6, 6.07) is 0.683. The number of rotatable bonds is 3. The third kappa shape index (κ3) is 3.00. The predicted octanol–water partition coefficient (Wildman–Crippen LogP) is 1.51. The van der Waals surface area contributed by atoms with Crippen molar-refractivity contribution < 1.29 is 22.7 Å². The topological polar surface area (TPSA) is 73.1 Å². The Hall–Kier alpha value is -2.65. The van der Waals surface area contributed by atoms with E-state index in [4.69, 9.17) is 4.74 Å². The van der Waals surface area contributed by atoms with Gasteiger partial charge in [0, 0.05) is 20.2 Å². The molecule has 118 valence electrons. The number of aryl methyl sites for hydroxylation is 1. The first kappa shape index (κ1) is 15.7. The molecule has 0 unspecified atom stereocenters. The minimum atomic E-state index is -4.59.